The minimum Gasteiger partial charge on any atom is -0.325 e. The van der Waals surface area contributed by atoms with Crippen LogP contribution < -0.4 is 5.32 Å². The molecule has 2 aromatic carbocycles. The van der Waals surface area contributed by atoms with Crippen LogP contribution in [-0.2, 0) is 10.2 Å². The predicted octanol–water partition coefficient (Wildman–Crippen LogP) is 4.94. The molecule has 0 radical (unpaired) electrons. The average Bonchev–Trinajstić information content (AvgIpc) is 3.36. The highest BCUT2D eigenvalue weighted by Gasteiger charge is 2.44. The molecule has 2 unspecified atom stereocenters. The summed E-state index contributed by atoms with van der Waals surface area (Å²) in [7, 11) is 0. The number of rotatable bonds is 4. The van der Waals surface area contributed by atoms with Crippen LogP contribution in [0.4, 0.5) is 11.4 Å². The van der Waals surface area contributed by atoms with Gasteiger partial charge in [-0.05, 0) is 41.4 Å². The monoisotopic (exact) mass is 352 g/mol. The SMILES string of the molecule is Cc1ccc([N+](=O)[O-])cc1NC(=O)C1CC1c1ccc(C(C)(C)C)cc1. The van der Waals surface area contributed by atoms with Crippen LogP contribution >= 0.6 is 0 Å². The van der Waals surface area contributed by atoms with Gasteiger partial charge in [0.15, 0.2) is 0 Å². The van der Waals surface area contributed by atoms with Crippen molar-refractivity contribution in [3.05, 3.63) is 69.3 Å². The Kier molecular flexibility index (Phi) is 4.57. The first-order valence-electron chi connectivity index (χ1n) is 8.83. The van der Waals surface area contributed by atoms with Gasteiger partial charge in [-0.25, -0.2) is 0 Å². The van der Waals surface area contributed by atoms with E-state index in [1.54, 1.807) is 6.07 Å². The van der Waals surface area contributed by atoms with Gasteiger partial charge in [0.25, 0.3) is 5.69 Å². The second-order valence-corrected chi connectivity index (χ2v) is 8.07. The standard InChI is InChI=1S/C21H24N2O3/c1-13-5-10-16(23(25)26)11-19(13)22-20(24)18-12-17(18)14-6-8-15(9-7-14)21(2,3)4/h5-11,17-18H,12H2,1-4H3,(H,22,24). The van der Waals surface area contributed by atoms with Crippen molar-refractivity contribution in [2.24, 2.45) is 5.92 Å². The fraction of sp³-hybridized carbons (Fsp3) is 0.381. The van der Waals surface area contributed by atoms with Crippen LogP contribution in [0, 0.1) is 23.0 Å². The van der Waals surface area contributed by atoms with Crippen LogP contribution in [0.1, 0.15) is 49.8 Å². The van der Waals surface area contributed by atoms with Crippen LogP contribution in [0.25, 0.3) is 0 Å². The van der Waals surface area contributed by atoms with Gasteiger partial charge in [-0.2, -0.15) is 0 Å². The molecular formula is C21H24N2O3. The summed E-state index contributed by atoms with van der Waals surface area (Å²) in [5, 5.41) is 13.8. The van der Waals surface area contributed by atoms with Crippen LogP contribution in [0.15, 0.2) is 42.5 Å². The minimum atomic E-state index is -0.453. The van der Waals surface area contributed by atoms with E-state index >= 15 is 0 Å². The second kappa shape index (κ2) is 6.56. The molecule has 0 spiro atoms. The maximum absolute atomic E-state index is 12.5. The highest BCUT2D eigenvalue weighted by atomic mass is 16.6. The highest BCUT2D eigenvalue weighted by molar-refractivity contribution is 5.96. The molecule has 26 heavy (non-hydrogen) atoms. The molecule has 0 aliphatic heterocycles. The normalized spacial score (nSPS) is 19.1. The molecule has 1 N–H and O–H groups in total. The number of hydrogen-bond donors (Lipinski definition) is 1. The summed E-state index contributed by atoms with van der Waals surface area (Å²) >= 11 is 0. The molecule has 2 atom stereocenters. The summed E-state index contributed by atoms with van der Waals surface area (Å²) < 4.78 is 0. The number of anilines is 1. The molecule has 1 amide bonds. The second-order valence-electron chi connectivity index (χ2n) is 8.07. The van der Waals surface area contributed by atoms with Crippen molar-refractivity contribution in [3.63, 3.8) is 0 Å². The van der Waals surface area contributed by atoms with Crippen molar-refractivity contribution < 1.29 is 9.72 Å². The van der Waals surface area contributed by atoms with Crippen LogP contribution in [0.3, 0.4) is 0 Å². The van der Waals surface area contributed by atoms with Crippen molar-refractivity contribution in [3.8, 4) is 0 Å². The molecular weight excluding hydrogens is 328 g/mol. The van der Waals surface area contributed by atoms with E-state index in [1.807, 2.05) is 6.92 Å². The maximum atomic E-state index is 12.5. The largest absolute Gasteiger partial charge is 0.325 e. The summed E-state index contributed by atoms with van der Waals surface area (Å²) in [6.45, 7) is 8.36. The molecule has 5 heteroatoms. The van der Waals surface area contributed by atoms with E-state index in [0.717, 1.165) is 12.0 Å². The Morgan fingerprint density at radius 1 is 1.15 bits per heavy atom. The van der Waals surface area contributed by atoms with Gasteiger partial charge in [0.05, 0.1) is 10.6 Å². The Bertz CT molecular complexity index is 851. The fourth-order valence-corrected chi connectivity index (χ4v) is 3.17. The topological polar surface area (TPSA) is 72.2 Å². The summed E-state index contributed by atoms with van der Waals surface area (Å²) in [5.41, 5.74) is 3.87. The highest BCUT2D eigenvalue weighted by Crippen LogP contribution is 2.48. The third-order valence-corrected chi connectivity index (χ3v) is 5.02. The molecule has 0 bridgehead atoms. The first-order valence-corrected chi connectivity index (χ1v) is 8.83. The maximum Gasteiger partial charge on any atom is 0.271 e. The molecule has 136 valence electrons. The minimum absolute atomic E-state index is 0.0176. The van der Waals surface area contributed by atoms with Gasteiger partial charge in [-0.3, -0.25) is 14.9 Å². The van der Waals surface area contributed by atoms with Crippen molar-refractivity contribution in [1.29, 1.82) is 0 Å². The Labute approximate surface area is 153 Å². The number of hydrogen-bond acceptors (Lipinski definition) is 3. The lowest BCUT2D eigenvalue weighted by Crippen LogP contribution is -2.15. The number of benzene rings is 2. The zero-order chi connectivity index (χ0) is 19.1. The molecule has 1 aliphatic rings. The van der Waals surface area contributed by atoms with E-state index in [4.69, 9.17) is 0 Å². The predicted molar refractivity (Wildman–Crippen MR) is 102 cm³/mol. The van der Waals surface area contributed by atoms with Crippen molar-refractivity contribution in [2.75, 3.05) is 5.32 Å². The molecule has 2 aromatic rings. The van der Waals surface area contributed by atoms with Crippen molar-refractivity contribution >= 4 is 17.3 Å². The van der Waals surface area contributed by atoms with Crippen LogP contribution in [-0.4, -0.2) is 10.8 Å². The molecule has 0 aromatic heterocycles. The number of nitrogens with zero attached hydrogens (tertiary/aromatic N) is 1. The van der Waals surface area contributed by atoms with Crippen molar-refractivity contribution in [1.82, 2.24) is 0 Å². The van der Waals surface area contributed by atoms with E-state index in [1.165, 1.54) is 23.3 Å². The quantitative estimate of drug-likeness (QED) is 0.625. The lowest BCUT2D eigenvalue weighted by molar-refractivity contribution is -0.384. The lowest BCUT2D eigenvalue weighted by Gasteiger charge is -2.19. The lowest BCUT2D eigenvalue weighted by atomic mass is 9.86. The Morgan fingerprint density at radius 3 is 2.38 bits per heavy atom. The van der Waals surface area contributed by atoms with E-state index in [-0.39, 0.29) is 28.8 Å². The molecule has 1 aliphatic carbocycles. The molecule has 1 fully saturated rings. The van der Waals surface area contributed by atoms with Gasteiger partial charge in [0.2, 0.25) is 5.91 Å². The van der Waals surface area contributed by atoms with E-state index < -0.39 is 4.92 Å². The van der Waals surface area contributed by atoms with Gasteiger partial charge in [-0.1, -0.05) is 51.1 Å². The Morgan fingerprint density at radius 2 is 1.81 bits per heavy atom. The zero-order valence-corrected chi connectivity index (χ0v) is 15.6. The smallest absolute Gasteiger partial charge is 0.271 e. The molecule has 0 saturated heterocycles. The summed E-state index contributed by atoms with van der Waals surface area (Å²) in [6, 6.07) is 13.0. The molecule has 0 heterocycles. The van der Waals surface area contributed by atoms with Crippen LogP contribution in [0.5, 0.6) is 0 Å². The molecule has 5 nitrogen and oxygen atoms in total. The van der Waals surface area contributed by atoms with Gasteiger partial charge in [-0.15, -0.1) is 0 Å². The molecule has 1 saturated carbocycles. The van der Waals surface area contributed by atoms with Crippen molar-refractivity contribution in [2.45, 2.75) is 45.4 Å². The first-order chi connectivity index (χ1) is 12.2. The number of aryl methyl sites for hydroxylation is 1. The van der Waals surface area contributed by atoms with E-state index in [0.29, 0.717) is 5.69 Å². The number of non-ortho nitro benzene ring substituents is 1. The summed E-state index contributed by atoms with van der Waals surface area (Å²) in [5.74, 6) is 0.0793. The van der Waals surface area contributed by atoms with Gasteiger partial charge in [0, 0.05) is 18.1 Å². The summed E-state index contributed by atoms with van der Waals surface area (Å²) in [4.78, 5) is 23.0. The zero-order valence-electron chi connectivity index (χ0n) is 15.6. The first kappa shape index (κ1) is 18.1. The number of amides is 1. The number of nitrogens with one attached hydrogen (secondary N) is 1. The van der Waals surface area contributed by atoms with Crippen LogP contribution in [0.2, 0.25) is 0 Å². The Balaban J connectivity index is 1.68. The number of nitro benzene ring substituents is 1. The van der Waals surface area contributed by atoms with Gasteiger partial charge < -0.3 is 5.32 Å². The molecule has 3 rings (SSSR count). The number of carbonyl (C=O) groups excluding carboxylic acids is 1. The van der Waals surface area contributed by atoms with E-state index in [9.17, 15) is 14.9 Å². The number of carbonyl (C=O) groups is 1. The number of nitro groups is 1. The summed E-state index contributed by atoms with van der Waals surface area (Å²) in [6.07, 6.45) is 0.814. The van der Waals surface area contributed by atoms with E-state index in [2.05, 4.69) is 50.4 Å². The van der Waals surface area contributed by atoms with Gasteiger partial charge >= 0.3 is 0 Å². The Hall–Kier alpha value is -2.69. The average molecular weight is 352 g/mol. The third kappa shape index (κ3) is 3.77. The fourth-order valence-electron chi connectivity index (χ4n) is 3.17. The van der Waals surface area contributed by atoms with Gasteiger partial charge in [0.1, 0.15) is 0 Å². The third-order valence-electron chi connectivity index (χ3n) is 5.02.